The molecular weight excluding hydrogens is 405 g/mol. The predicted molar refractivity (Wildman–Crippen MR) is 95.6 cm³/mol. The highest BCUT2D eigenvalue weighted by molar-refractivity contribution is 14.1. The summed E-state index contributed by atoms with van der Waals surface area (Å²) in [6, 6.07) is 7.95. The molecule has 120 valence electrons. The summed E-state index contributed by atoms with van der Waals surface area (Å²) in [5.74, 6) is -0.610. The van der Waals surface area contributed by atoms with Crippen LogP contribution in [-0.2, 0) is 14.3 Å². The van der Waals surface area contributed by atoms with Crippen LogP contribution in [-0.4, -0.2) is 18.9 Å². The fourth-order valence-electron chi connectivity index (χ4n) is 3.38. The molecule has 1 aromatic rings. The molecule has 5 heteroatoms. The molecule has 0 saturated heterocycles. The van der Waals surface area contributed by atoms with Crippen LogP contribution in [0.25, 0.3) is 0 Å². The molecule has 0 spiro atoms. The van der Waals surface area contributed by atoms with Crippen molar-refractivity contribution in [3.8, 4) is 0 Å². The number of halogens is 1. The molecule has 3 rings (SSSR count). The number of carbonyl (C=O) groups is 2. The van der Waals surface area contributed by atoms with E-state index in [1.54, 1.807) is 0 Å². The molecule has 0 radical (unpaired) electrons. The second kappa shape index (κ2) is 6.47. The summed E-state index contributed by atoms with van der Waals surface area (Å²) >= 11 is 2.24. The molecule has 0 aromatic heterocycles. The summed E-state index contributed by atoms with van der Waals surface area (Å²) in [6.45, 7) is 1.87. The van der Waals surface area contributed by atoms with E-state index >= 15 is 0 Å². The van der Waals surface area contributed by atoms with E-state index < -0.39 is 0 Å². The highest BCUT2D eigenvalue weighted by Crippen LogP contribution is 2.42. The van der Waals surface area contributed by atoms with Crippen molar-refractivity contribution in [2.75, 3.05) is 7.11 Å². The first-order valence-electron chi connectivity index (χ1n) is 7.60. The second-order valence-corrected chi connectivity index (χ2v) is 7.06. The van der Waals surface area contributed by atoms with Gasteiger partial charge < -0.3 is 10.1 Å². The summed E-state index contributed by atoms with van der Waals surface area (Å²) in [5.41, 5.74) is 3.94. The van der Waals surface area contributed by atoms with Crippen molar-refractivity contribution in [1.82, 2.24) is 5.32 Å². The Morgan fingerprint density at radius 2 is 2.13 bits per heavy atom. The number of benzene rings is 1. The third-order valence-corrected chi connectivity index (χ3v) is 5.03. The van der Waals surface area contributed by atoms with Crippen LogP contribution < -0.4 is 5.32 Å². The fraction of sp³-hybridized carbons (Fsp3) is 0.333. The Hall–Kier alpha value is -1.63. The largest absolute Gasteiger partial charge is 0.466 e. The van der Waals surface area contributed by atoms with E-state index in [9.17, 15) is 9.59 Å². The van der Waals surface area contributed by atoms with Gasteiger partial charge in [-0.15, -0.1) is 0 Å². The zero-order valence-corrected chi connectivity index (χ0v) is 15.3. The van der Waals surface area contributed by atoms with Gasteiger partial charge in [-0.25, -0.2) is 4.79 Å². The van der Waals surface area contributed by atoms with Crippen molar-refractivity contribution in [3.63, 3.8) is 0 Å². The third-order valence-electron chi connectivity index (χ3n) is 4.36. The Balaban J connectivity index is 2.20. The van der Waals surface area contributed by atoms with Crippen LogP contribution in [0, 0.1) is 3.57 Å². The molecule has 2 aliphatic rings. The number of carbonyl (C=O) groups excluding carboxylic acids is 2. The Bertz CT molecular complexity index is 748. The van der Waals surface area contributed by atoms with Crippen LogP contribution in [0.3, 0.4) is 0 Å². The minimum Gasteiger partial charge on any atom is -0.466 e. The maximum Gasteiger partial charge on any atom is 0.336 e. The first-order valence-corrected chi connectivity index (χ1v) is 8.68. The molecule has 23 heavy (non-hydrogen) atoms. The van der Waals surface area contributed by atoms with E-state index in [1.165, 1.54) is 7.11 Å². The molecule has 0 fully saturated rings. The van der Waals surface area contributed by atoms with Crippen LogP contribution in [0.15, 0.2) is 46.8 Å². The summed E-state index contributed by atoms with van der Waals surface area (Å²) in [6.07, 6.45) is 2.23. The van der Waals surface area contributed by atoms with Crippen LogP contribution >= 0.6 is 22.6 Å². The van der Waals surface area contributed by atoms with Gasteiger partial charge in [0.15, 0.2) is 5.78 Å². The number of hydrogen-bond acceptors (Lipinski definition) is 4. The van der Waals surface area contributed by atoms with Gasteiger partial charge in [-0.2, -0.15) is 0 Å². The number of hydrogen-bond donors (Lipinski definition) is 1. The fourth-order valence-corrected chi connectivity index (χ4v) is 3.95. The quantitative estimate of drug-likeness (QED) is 0.585. The third kappa shape index (κ3) is 2.94. The van der Waals surface area contributed by atoms with E-state index in [1.807, 2.05) is 31.2 Å². The standard InChI is InChI=1S/C18H18INO3/c1-10-15(18(22)23-2)16(11-5-3-6-12(19)9-11)17-13(20-10)7-4-8-14(17)21/h3,5-6,9,16,20H,4,7-8H2,1-2H3/t16-/m1/s1. The molecule has 1 atom stereocenters. The normalized spacial score (nSPS) is 21.0. The molecule has 1 N–H and O–H groups in total. The van der Waals surface area contributed by atoms with Crippen molar-refractivity contribution >= 4 is 34.3 Å². The molecule has 0 unspecified atom stereocenters. The van der Waals surface area contributed by atoms with Crippen molar-refractivity contribution in [3.05, 3.63) is 55.9 Å². The average molecular weight is 423 g/mol. The lowest BCUT2D eigenvalue weighted by molar-refractivity contribution is -0.136. The van der Waals surface area contributed by atoms with Gasteiger partial charge in [-0.05, 0) is 60.1 Å². The van der Waals surface area contributed by atoms with Gasteiger partial charge >= 0.3 is 5.97 Å². The molecule has 1 aromatic carbocycles. The van der Waals surface area contributed by atoms with E-state index in [4.69, 9.17) is 4.74 Å². The number of nitrogens with one attached hydrogen (secondary N) is 1. The Labute approximate surface area is 149 Å². The van der Waals surface area contributed by atoms with Gasteiger partial charge in [-0.1, -0.05) is 12.1 Å². The lowest BCUT2D eigenvalue weighted by Crippen LogP contribution is -2.34. The predicted octanol–water partition coefficient (Wildman–Crippen LogP) is 3.43. The Kier molecular flexibility index (Phi) is 4.57. The smallest absolute Gasteiger partial charge is 0.336 e. The lowest BCUT2D eigenvalue weighted by atomic mass is 9.75. The number of Topliss-reactive ketones (excluding diaryl/α,β-unsaturated/α-hetero) is 1. The number of dihydropyridines is 1. The van der Waals surface area contributed by atoms with Crippen LogP contribution in [0.5, 0.6) is 0 Å². The number of allylic oxidation sites excluding steroid dienone is 3. The Morgan fingerprint density at radius 3 is 2.83 bits per heavy atom. The molecule has 1 heterocycles. The van der Waals surface area contributed by atoms with Gasteiger partial charge in [0.05, 0.1) is 12.7 Å². The number of rotatable bonds is 2. The van der Waals surface area contributed by atoms with Crippen LogP contribution in [0.2, 0.25) is 0 Å². The highest BCUT2D eigenvalue weighted by atomic mass is 127. The molecule has 0 amide bonds. The molecule has 1 aliphatic carbocycles. The van der Waals surface area contributed by atoms with Crippen molar-refractivity contribution in [2.45, 2.75) is 32.1 Å². The minimum absolute atomic E-state index is 0.122. The van der Waals surface area contributed by atoms with Gasteiger partial charge in [0, 0.05) is 32.9 Å². The summed E-state index contributed by atoms with van der Waals surface area (Å²) in [4.78, 5) is 25.0. The van der Waals surface area contributed by atoms with E-state index in [0.717, 1.165) is 38.9 Å². The maximum absolute atomic E-state index is 12.6. The van der Waals surface area contributed by atoms with Gasteiger partial charge in [0.2, 0.25) is 0 Å². The molecule has 4 nitrogen and oxygen atoms in total. The zero-order valence-electron chi connectivity index (χ0n) is 13.1. The summed E-state index contributed by atoms with van der Waals surface area (Å²) < 4.78 is 6.06. The molecule has 0 saturated carbocycles. The Morgan fingerprint density at radius 1 is 1.35 bits per heavy atom. The topological polar surface area (TPSA) is 55.4 Å². The van der Waals surface area contributed by atoms with Crippen molar-refractivity contribution in [1.29, 1.82) is 0 Å². The zero-order chi connectivity index (χ0) is 16.6. The monoisotopic (exact) mass is 423 g/mol. The molecular formula is C18H18INO3. The van der Waals surface area contributed by atoms with Crippen LogP contribution in [0.1, 0.15) is 37.7 Å². The van der Waals surface area contributed by atoms with E-state index in [0.29, 0.717) is 12.0 Å². The van der Waals surface area contributed by atoms with E-state index in [2.05, 4.69) is 27.9 Å². The van der Waals surface area contributed by atoms with Crippen molar-refractivity contribution in [2.24, 2.45) is 0 Å². The van der Waals surface area contributed by atoms with Crippen molar-refractivity contribution < 1.29 is 14.3 Å². The maximum atomic E-state index is 12.6. The van der Waals surface area contributed by atoms with Gasteiger partial charge in [-0.3, -0.25) is 4.79 Å². The molecule has 0 bridgehead atoms. The summed E-state index contributed by atoms with van der Waals surface area (Å²) in [5, 5.41) is 3.26. The first-order chi connectivity index (χ1) is 11.0. The first kappa shape index (κ1) is 16.2. The number of ether oxygens (including phenoxy) is 1. The number of methoxy groups -OCH3 is 1. The SMILES string of the molecule is COC(=O)C1=C(C)NC2=C(C(=O)CCC2)[C@@H]1c1cccc(I)c1. The highest BCUT2D eigenvalue weighted by Gasteiger charge is 2.38. The van der Waals surface area contributed by atoms with Gasteiger partial charge in [0.25, 0.3) is 0 Å². The molecule has 1 aliphatic heterocycles. The minimum atomic E-state index is -0.385. The number of ketones is 1. The second-order valence-electron chi connectivity index (χ2n) is 5.81. The average Bonchev–Trinajstić information content (AvgIpc) is 2.53. The number of esters is 1. The van der Waals surface area contributed by atoms with Gasteiger partial charge in [0.1, 0.15) is 0 Å². The summed E-state index contributed by atoms with van der Waals surface area (Å²) in [7, 11) is 1.38. The lowest BCUT2D eigenvalue weighted by Gasteiger charge is -2.34. The van der Waals surface area contributed by atoms with E-state index in [-0.39, 0.29) is 17.7 Å². The van der Waals surface area contributed by atoms with Crippen LogP contribution in [0.4, 0.5) is 0 Å².